The van der Waals surface area contributed by atoms with Gasteiger partial charge in [-0.3, -0.25) is 0 Å². The van der Waals surface area contributed by atoms with Crippen LogP contribution in [0.25, 0.3) is 0 Å². The molecule has 0 heterocycles. The lowest BCUT2D eigenvalue weighted by molar-refractivity contribution is -0.0721. The Kier molecular flexibility index (Phi) is 3.60. The van der Waals surface area contributed by atoms with Gasteiger partial charge in [-0.05, 0) is 75.0 Å². The Balaban J connectivity index is 1.69. The molecular weight excluding hydrogens is 232 g/mol. The van der Waals surface area contributed by atoms with E-state index in [1.54, 1.807) is 0 Å². The van der Waals surface area contributed by atoms with Crippen molar-refractivity contribution in [1.29, 1.82) is 5.26 Å². The van der Waals surface area contributed by atoms with E-state index in [1.165, 1.54) is 38.5 Å². The van der Waals surface area contributed by atoms with E-state index in [9.17, 15) is 0 Å². The molecule has 19 heavy (non-hydrogen) atoms. The molecule has 4 aliphatic rings. The molecule has 0 saturated heterocycles. The molecule has 0 radical (unpaired) electrons. The maximum Gasteiger partial charge on any atom is 0.0638 e. The van der Waals surface area contributed by atoms with Crippen LogP contribution in [0.1, 0.15) is 65.2 Å². The summed E-state index contributed by atoms with van der Waals surface area (Å²) in [6, 6.07) is 3.33. The third-order valence-electron chi connectivity index (χ3n) is 6.32. The predicted octanol–water partition coefficient (Wildman–Crippen LogP) is 3.87. The number of nitrogens with one attached hydrogen (secondary N) is 1. The van der Waals surface area contributed by atoms with Gasteiger partial charge in [-0.2, -0.15) is 5.26 Å². The van der Waals surface area contributed by atoms with Gasteiger partial charge in [0.15, 0.2) is 0 Å². The molecule has 2 unspecified atom stereocenters. The average Bonchev–Trinajstić information content (AvgIpc) is 2.36. The van der Waals surface area contributed by atoms with Crippen molar-refractivity contribution in [2.45, 2.75) is 77.3 Å². The zero-order valence-electron chi connectivity index (χ0n) is 12.5. The first-order valence-electron chi connectivity index (χ1n) is 8.28. The first-order chi connectivity index (χ1) is 9.15. The van der Waals surface area contributed by atoms with Crippen molar-refractivity contribution in [1.82, 2.24) is 5.32 Å². The SMILES string of the molecule is CCC(CC#N)NC(C)C12CC3CC(CC(C3)C1)C2. The number of hydrogen-bond donors (Lipinski definition) is 1. The minimum Gasteiger partial charge on any atom is -0.310 e. The van der Waals surface area contributed by atoms with E-state index < -0.39 is 0 Å². The van der Waals surface area contributed by atoms with E-state index in [0.717, 1.165) is 24.2 Å². The third-order valence-corrected chi connectivity index (χ3v) is 6.32. The Hall–Kier alpha value is -0.550. The molecule has 4 bridgehead atoms. The number of rotatable bonds is 5. The van der Waals surface area contributed by atoms with Crippen LogP contribution in [0, 0.1) is 34.5 Å². The zero-order valence-corrected chi connectivity index (χ0v) is 12.5. The summed E-state index contributed by atoms with van der Waals surface area (Å²) in [7, 11) is 0. The standard InChI is InChI=1S/C17H28N2/c1-3-16(4-5-18)19-12(2)17-9-13-6-14(10-17)8-15(7-13)11-17/h12-16,19H,3-4,6-11H2,1-2H3. The molecule has 106 valence electrons. The van der Waals surface area contributed by atoms with E-state index in [-0.39, 0.29) is 0 Å². The summed E-state index contributed by atoms with van der Waals surface area (Å²) in [5.41, 5.74) is 0.567. The fourth-order valence-electron chi connectivity index (χ4n) is 5.67. The third kappa shape index (κ3) is 2.42. The van der Waals surface area contributed by atoms with Crippen molar-refractivity contribution in [3.05, 3.63) is 0 Å². The highest BCUT2D eigenvalue weighted by Crippen LogP contribution is 2.61. The van der Waals surface area contributed by atoms with Crippen molar-refractivity contribution in [3.8, 4) is 6.07 Å². The van der Waals surface area contributed by atoms with Crippen molar-refractivity contribution >= 4 is 0 Å². The Morgan fingerprint density at radius 2 is 1.68 bits per heavy atom. The summed E-state index contributed by atoms with van der Waals surface area (Å²) in [5.74, 6) is 3.06. The second-order valence-corrected chi connectivity index (χ2v) is 7.64. The van der Waals surface area contributed by atoms with Gasteiger partial charge in [0, 0.05) is 12.1 Å². The highest BCUT2D eigenvalue weighted by Gasteiger charge is 2.53. The average molecular weight is 260 g/mol. The normalized spacial score (nSPS) is 42.9. The van der Waals surface area contributed by atoms with Crippen LogP contribution in [0.2, 0.25) is 0 Å². The lowest BCUT2D eigenvalue weighted by Gasteiger charge is -2.59. The second-order valence-electron chi connectivity index (χ2n) is 7.64. The molecule has 4 saturated carbocycles. The molecule has 2 nitrogen and oxygen atoms in total. The van der Waals surface area contributed by atoms with E-state index in [4.69, 9.17) is 5.26 Å². The van der Waals surface area contributed by atoms with Gasteiger partial charge in [0.05, 0.1) is 12.5 Å². The molecule has 1 N–H and O–H groups in total. The van der Waals surface area contributed by atoms with Crippen LogP contribution >= 0.6 is 0 Å². The summed E-state index contributed by atoms with van der Waals surface area (Å²) in [6.07, 6.45) is 10.6. The summed E-state index contributed by atoms with van der Waals surface area (Å²) in [4.78, 5) is 0. The predicted molar refractivity (Wildman–Crippen MR) is 77.5 cm³/mol. The van der Waals surface area contributed by atoms with Gasteiger partial charge in [0.1, 0.15) is 0 Å². The van der Waals surface area contributed by atoms with Crippen LogP contribution < -0.4 is 5.32 Å². The number of nitriles is 1. The van der Waals surface area contributed by atoms with Crippen LogP contribution in [0.15, 0.2) is 0 Å². The number of hydrogen-bond acceptors (Lipinski definition) is 2. The van der Waals surface area contributed by atoms with Crippen LogP contribution in [-0.2, 0) is 0 Å². The van der Waals surface area contributed by atoms with Crippen LogP contribution in [0.4, 0.5) is 0 Å². The summed E-state index contributed by atoms with van der Waals surface area (Å²) in [5, 5.41) is 12.7. The molecule has 0 aromatic rings. The highest BCUT2D eigenvalue weighted by molar-refractivity contribution is 5.05. The molecule has 2 heteroatoms. The fourth-order valence-corrected chi connectivity index (χ4v) is 5.67. The molecule has 0 aromatic heterocycles. The largest absolute Gasteiger partial charge is 0.310 e. The molecule has 0 spiro atoms. The molecule has 4 rings (SSSR count). The zero-order chi connectivity index (χ0) is 13.5. The first-order valence-corrected chi connectivity index (χ1v) is 8.28. The van der Waals surface area contributed by atoms with E-state index >= 15 is 0 Å². The molecular formula is C17H28N2. The van der Waals surface area contributed by atoms with Crippen LogP contribution in [0.3, 0.4) is 0 Å². The fraction of sp³-hybridized carbons (Fsp3) is 0.941. The second kappa shape index (κ2) is 5.09. The molecule has 0 amide bonds. The highest BCUT2D eigenvalue weighted by atomic mass is 15.0. The maximum atomic E-state index is 8.92. The lowest BCUT2D eigenvalue weighted by atomic mass is 9.48. The van der Waals surface area contributed by atoms with Gasteiger partial charge in [-0.15, -0.1) is 0 Å². The molecule has 4 fully saturated rings. The van der Waals surface area contributed by atoms with Crippen molar-refractivity contribution in [3.63, 3.8) is 0 Å². The minimum absolute atomic E-state index is 0.396. The van der Waals surface area contributed by atoms with Crippen LogP contribution in [0.5, 0.6) is 0 Å². The van der Waals surface area contributed by atoms with Gasteiger partial charge in [-0.1, -0.05) is 6.92 Å². The molecule has 4 aliphatic carbocycles. The van der Waals surface area contributed by atoms with E-state index in [1.807, 2.05) is 0 Å². The molecule has 0 aromatic carbocycles. The summed E-state index contributed by atoms with van der Waals surface area (Å²) >= 11 is 0. The Bertz CT molecular complexity index is 333. The van der Waals surface area contributed by atoms with Gasteiger partial charge in [0.25, 0.3) is 0 Å². The smallest absolute Gasteiger partial charge is 0.0638 e. The topological polar surface area (TPSA) is 35.8 Å². The Labute approximate surface area is 118 Å². The Morgan fingerprint density at radius 1 is 1.16 bits per heavy atom. The Morgan fingerprint density at radius 3 is 2.11 bits per heavy atom. The van der Waals surface area contributed by atoms with Crippen LogP contribution in [-0.4, -0.2) is 12.1 Å². The van der Waals surface area contributed by atoms with Crippen molar-refractivity contribution in [2.75, 3.05) is 0 Å². The summed E-state index contributed by atoms with van der Waals surface area (Å²) < 4.78 is 0. The first kappa shape index (κ1) is 13.4. The van der Waals surface area contributed by atoms with Gasteiger partial charge < -0.3 is 5.32 Å². The molecule has 2 atom stereocenters. The number of nitrogens with zero attached hydrogens (tertiary/aromatic N) is 1. The van der Waals surface area contributed by atoms with Gasteiger partial charge >= 0.3 is 0 Å². The van der Waals surface area contributed by atoms with Gasteiger partial charge in [-0.25, -0.2) is 0 Å². The maximum absolute atomic E-state index is 8.92. The van der Waals surface area contributed by atoms with Gasteiger partial charge in [0.2, 0.25) is 0 Å². The van der Waals surface area contributed by atoms with Crippen molar-refractivity contribution in [2.24, 2.45) is 23.2 Å². The monoisotopic (exact) mass is 260 g/mol. The molecule has 0 aliphatic heterocycles. The van der Waals surface area contributed by atoms with Crippen molar-refractivity contribution < 1.29 is 0 Å². The quantitative estimate of drug-likeness (QED) is 0.814. The van der Waals surface area contributed by atoms with E-state index in [0.29, 0.717) is 23.9 Å². The van der Waals surface area contributed by atoms with E-state index in [2.05, 4.69) is 25.2 Å². The lowest BCUT2D eigenvalue weighted by Crippen LogP contribution is -2.56. The minimum atomic E-state index is 0.396. The summed E-state index contributed by atoms with van der Waals surface area (Å²) in [6.45, 7) is 4.59.